The molecule has 2 N–H and O–H groups in total. The highest BCUT2D eigenvalue weighted by Gasteiger charge is 2.34. The van der Waals surface area contributed by atoms with E-state index in [9.17, 15) is 19.1 Å². The largest absolute Gasteiger partial charge is 0.472 e. The van der Waals surface area contributed by atoms with E-state index in [1.54, 1.807) is 43.3 Å². The summed E-state index contributed by atoms with van der Waals surface area (Å²) in [6, 6.07) is 6.75. The van der Waals surface area contributed by atoms with E-state index in [0.717, 1.165) is 5.56 Å². The molecule has 34 heavy (non-hydrogen) atoms. The molecule has 3 amide bonds. The quantitative estimate of drug-likeness (QED) is 0.672. The predicted octanol–water partition coefficient (Wildman–Crippen LogP) is 3.64. The van der Waals surface area contributed by atoms with Gasteiger partial charge in [0.15, 0.2) is 0 Å². The molecule has 1 aromatic heterocycles. The van der Waals surface area contributed by atoms with Crippen LogP contribution in [-0.2, 0) is 0 Å². The Morgan fingerprint density at radius 3 is 2.85 bits per heavy atom. The number of aromatic nitrogens is 1. The average Bonchev–Trinajstić information content (AvgIpc) is 2.82. The van der Waals surface area contributed by atoms with Gasteiger partial charge >= 0.3 is 6.03 Å². The maximum atomic E-state index is 13.9. The van der Waals surface area contributed by atoms with E-state index in [4.69, 9.17) is 4.74 Å². The number of para-hydroxylation sites is 1. The lowest BCUT2D eigenvalue weighted by molar-refractivity contribution is 0.0356. The number of ether oxygens (including phenoxy) is 1. The number of amides is 3. The van der Waals surface area contributed by atoms with Crippen molar-refractivity contribution in [3.05, 3.63) is 59.5 Å². The summed E-state index contributed by atoms with van der Waals surface area (Å²) in [6.07, 6.45) is 4.79. The van der Waals surface area contributed by atoms with Crippen molar-refractivity contribution in [1.29, 1.82) is 0 Å². The Morgan fingerprint density at radius 2 is 2.18 bits per heavy atom. The Morgan fingerprint density at radius 1 is 1.44 bits per heavy atom. The number of hydrogen-bond acceptors (Lipinski definition) is 5. The summed E-state index contributed by atoms with van der Waals surface area (Å²) < 4.78 is 20.1. The molecule has 1 aromatic carbocycles. The van der Waals surface area contributed by atoms with Crippen LogP contribution in [0, 0.1) is 11.7 Å². The molecule has 3 atom stereocenters. The van der Waals surface area contributed by atoms with Gasteiger partial charge in [-0.1, -0.05) is 31.2 Å². The summed E-state index contributed by atoms with van der Waals surface area (Å²) in [5, 5.41) is 12.3. The Balaban J connectivity index is 1.87. The van der Waals surface area contributed by atoms with E-state index in [0.29, 0.717) is 12.1 Å². The Labute approximate surface area is 199 Å². The minimum atomic E-state index is -0.526. The van der Waals surface area contributed by atoms with Crippen molar-refractivity contribution in [2.45, 2.75) is 32.9 Å². The van der Waals surface area contributed by atoms with E-state index in [1.807, 2.05) is 26.0 Å². The number of carbonyl (C=O) groups is 2. The average molecular weight is 471 g/mol. The van der Waals surface area contributed by atoms with Crippen molar-refractivity contribution in [3.8, 4) is 5.88 Å². The fraction of sp³-hybridized carbons (Fsp3) is 0.400. The summed E-state index contributed by atoms with van der Waals surface area (Å²) in [7, 11) is 1.59. The van der Waals surface area contributed by atoms with E-state index in [-0.39, 0.29) is 36.5 Å². The van der Waals surface area contributed by atoms with Gasteiger partial charge in [-0.2, -0.15) is 0 Å². The van der Waals surface area contributed by atoms with E-state index < -0.39 is 24.0 Å². The van der Waals surface area contributed by atoms with Crippen LogP contribution in [0.4, 0.5) is 14.9 Å². The number of rotatable bonds is 6. The number of aliphatic hydroxyl groups excluding tert-OH is 1. The van der Waals surface area contributed by atoms with E-state index in [1.165, 1.54) is 17.0 Å². The number of halogens is 1. The third-order valence-corrected chi connectivity index (χ3v) is 5.82. The highest BCUT2D eigenvalue weighted by molar-refractivity contribution is 5.97. The van der Waals surface area contributed by atoms with Gasteiger partial charge in [0, 0.05) is 25.7 Å². The highest BCUT2D eigenvalue weighted by Crippen LogP contribution is 2.28. The molecule has 0 spiro atoms. The molecule has 3 rings (SSSR count). The van der Waals surface area contributed by atoms with Gasteiger partial charge in [-0.15, -0.1) is 0 Å². The lowest BCUT2D eigenvalue weighted by Crippen LogP contribution is -2.50. The molecule has 8 nitrogen and oxygen atoms in total. The monoisotopic (exact) mass is 470 g/mol. The number of benzene rings is 1. The molecule has 0 unspecified atom stereocenters. The van der Waals surface area contributed by atoms with Gasteiger partial charge in [0.05, 0.1) is 24.9 Å². The minimum Gasteiger partial charge on any atom is -0.472 e. The van der Waals surface area contributed by atoms with Crippen LogP contribution in [0.1, 0.15) is 36.7 Å². The molecule has 0 saturated carbocycles. The molecular weight excluding hydrogens is 439 g/mol. The first-order valence-electron chi connectivity index (χ1n) is 11.2. The van der Waals surface area contributed by atoms with Crippen molar-refractivity contribution in [3.63, 3.8) is 0 Å². The van der Waals surface area contributed by atoms with Gasteiger partial charge in [-0.3, -0.25) is 4.79 Å². The van der Waals surface area contributed by atoms with Crippen molar-refractivity contribution >= 4 is 23.7 Å². The molecule has 0 saturated heterocycles. The van der Waals surface area contributed by atoms with E-state index >= 15 is 0 Å². The number of aliphatic hydroxyl groups is 1. The smallest absolute Gasteiger partial charge is 0.321 e. The number of nitrogens with one attached hydrogen (secondary N) is 1. The van der Waals surface area contributed by atoms with Crippen LogP contribution in [0.5, 0.6) is 5.88 Å². The molecule has 1 aliphatic heterocycles. The SMILES string of the molecule is C/C=C/c1cnc2c(c1)C(=O)N([C@H](C)CO)C[C@@H](C)[C@@H](CN(C)C(=O)Nc1ccccc1F)O2. The fourth-order valence-electron chi connectivity index (χ4n) is 3.75. The van der Waals surface area contributed by atoms with Crippen LogP contribution in [0.3, 0.4) is 0 Å². The third kappa shape index (κ3) is 5.72. The zero-order valence-electron chi connectivity index (χ0n) is 19.9. The molecule has 9 heteroatoms. The van der Waals surface area contributed by atoms with Crippen LogP contribution in [0.2, 0.25) is 0 Å². The predicted molar refractivity (Wildman–Crippen MR) is 128 cm³/mol. The number of anilines is 1. The topological polar surface area (TPSA) is 95.0 Å². The first-order valence-corrected chi connectivity index (χ1v) is 11.2. The summed E-state index contributed by atoms with van der Waals surface area (Å²) in [5.74, 6) is -0.812. The summed E-state index contributed by atoms with van der Waals surface area (Å²) in [5.41, 5.74) is 1.13. The highest BCUT2D eigenvalue weighted by atomic mass is 19.1. The zero-order chi connectivity index (χ0) is 24.8. The van der Waals surface area contributed by atoms with E-state index in [2.05, 4.69) is 10.3 Å². The second-order valence-electron chi connectivity index (χ2n) is 8.53. The first kappa shape index (κ1) is 25.2. The molecule has 182 valence electrons. The summed E-state index contributed by atoms with van der Waals surface area (Å²) in [6.45, 7) is 5.87. The number of fused-ring (bicyclic) bond motifs is 1. The van der Waals surface area contributed by atoms with Crippen molar-refractivity contribution in [2.24, 2.45) is 5.92 Å². The molecule has 1 aliphatic rings. The molecule has 2 heterocycles. The number of pyridine rings is 1. The lowest BCUT2D eigenvalue weighted by atomic mass is 10.00. The first-order chi connectivity index (χ1) is 16.2. The molecule has 0 aliphatic carbocycles. The zero-order valence-corrected chi connectivity index (χ0v) is 19.9. The second kappa shape index (κ2) is 11.1. The van der Waals surface area contributed by atoms with Gasteiger partial charge in [-0.25, -0.2) is 14.2 Å². The molecule has 0 radical (unpaired) electrons. The van der Waals surface area contributed by atoms with Gasteiger partial charge in [0.2, 0.25) is 5.88 Å². The number of allylic oxidation sites excluding steroid dienone is 1. The van der Waals surface area contributed by atoms with Gasteiger partial charge in [0.25, 0.3) is 5.91 Å². The third-order valence-electron chi connectivity index (χ3n) is 5.82. The molecule has 0 fully saturated rings. The normalized spacial score (nSPS) is 19.1. The minimum absolute atomic E-state index is 0.0862. The molecular formula is C25H31FN4O4. The molecule has 0 bridgehead atoms. The van der Waals surface area contributed by atoms with Gasteiger partial charge in [-0.05, 0) is 37.6 Å². The number of urea groups is 1. The maximum absolute atomic E-state index is 13.9. The summed E-state index contributed by atoms with van der Waals surface area (Å²) >= 11 is 0. The Hall–Kier alpha value is -3.46. The maximum Gasteiger partial charge on any atom is 0.321 e. The number of nitrogens with zero attached hydrogens (tertiary/aromatic N) is 3. The summed E-state index contributed by atoms with van der Waals surface area (Å²) in [4.78, 5) is 33.4. The van der Waals surface area contributed by atoms with Crippen LogP contribution in [0.15, 0.2) is 42.6 Å². The Bertz CT molecular complexity index is 1060. The second-order valence-corrected chi connectivity index (χ2v) is 8.53. The fourth-order valence-corrected chi connectivity index (χ4v) is 3.75. The van der Waals surface area contributed by atoms with Crippen molar-refractivity contribution in [2.75, 3.05) is 32.1 Å². The van der Waals surface area contributed by atoms with Crippen molar-refractivity contribution < 1.29 is 23.8 Å². The van der Waals surface area contributed by atoms with Crippen LogP contribution in [0.25, 0.3) is 6.08 Å². The number of carbonyl (C=O) groups excluding carboxylic acids is 2. The van der Waals surface area contributed by atoms with Crippen LogP contribution < -0.4 is 10.1 Å². The Kier molecular flexibility index (Phi) is 8.22. The number of hydrogen-bond donors (Lipinski definition) is 2. The van der Waals surface area contributed by atoms with Crippen LogP contribution >= 0.6 is 0 Å². The van der Waals surface area contributed by atoms with Crippen molar-refractivity contribution in [1.82, 2.24) is 14.8 Å². The van der Waals surface area contributed by atoms with Gasteiger partial charge in [0.1, 0.15) is 17.5 Å². The standard InChI is InChI=1S/C25H31FN4O4/c1-5-8-18-11-19-23(27-12-18)34-22(16(2)13-30(24(19)32)17(3)15-31)14-29(4)25(33)28-21-10-7-6-9-20(21)26/h5-12,16-17,22,31H,13-15H2,1-4H3,(H,28,33)/b8-5+/t16-,17-,22-/m1/s1. The van der Waals surface area contributed by atoms with Crippen LogP contribution in [-0.4, -0.2) is 70.7 Å². The molecule has 2 aromatic rings. The lowest BCUT2D eigenvalue weighted by Gasteiger charge is -2.37. The van der Waals surface area contributed by atoms with Gasteiger partial charge < -0.3 is 25.0 Å². The number of likely N-dealkylation sites (N-methyl/N-ethyl adjacent to an activating group) is 1.